The summed E-state index contributed by atoms with van der Waals surface area (Å²) in [6.07, 6.45) is 5.74. The Kier molecular flexibility index (Phi) is 8.75. The number of para-hydroxylation sites is 1. The molecule has 1 aliphatic rings. The van der Waals surface area contributed by atoms with Crippen molar-refractivity contribution in [2.75, 3.05) is 31.6 Å². The Hall–Kier alpha value is -3.02. The number of piperidine rings is 1. The molecule has 2 aromatic carbocycles. The van der Waals surface area contributed by atoms with E-state index in [9.17, 15) is 14.7 Å². The van der Waals surface area contributed by atoms with E-state index in [1.165, 1.54) is 36.6 Å². The van der Waals surface area contributed by atoms with E-state index in [0.29, 0.717) is 12.4 Å². The molecule has 1 aliphatic heterocycles. The highest BCUT2D eigenvalue weighted by atomic mass is 16.5. The lowest BCUT2D eigenvalue weighted by Gasteiger charge is -2.35. The van der Waals surface area contributed by atoms with Crippen molar-refractivity contribution in [3.05, 3.63) is 59.2 Å². The number of carbonyl (C=O) groups excluding carboxylic acids is 1. The van der Waals surface area contributed by atoms with Gasteiger partial charge >= 0.3 is 5.97 Å². The second-order valence-electron chi connectivity index (χ2n) is 8.66. The Morgan fingerprint density at radius 1 is 1.09 bits per heavy atom. The summed E-state index contributed by atoms with van der Waals surface area (Å²) in [5.74, 6) is -0.725. The summed E-state index contributed by atoms with van der Waals surface area (Å²) < 4.78 is 5.51. The molecule has 1 heterocycles. The second kappa shape index (κ2) is 11.7. The maximum atomic E-state index is 13.3. The van der Waals surface area contributed by atoms with Crippen molar-refractivity contribution in [2.45, 2.75) is 58.4 Å². The largest absolute Gasteiger partial charge is 0.493 e. The van der Waals surface area contributed by atoms with Gasteiger partial charge in [0, 0.05) is 25.8 Å². The zero-order valence-electron chi connectivity index (χ0n) is 20.0. The fourth-order valence-electron chi connectivity index (χ4n) is 4.62. The van der Waals surface area contributed by atoms with Crippen molar-refractivity contribution in [2.24, 2.45) is 0 Å². The quantitative estimate of drug-likeness (QED) is 0.529. The first kappa shape index (κ1) is 24.6. The van der Waals surface area contributed by atoms with Gasteiger partial charge < -0.3 is 19.6 Å². The highest BCUT2D eigenvalue weighted by molar-refractivity contribution is 5.91. The predicted molar refractivity (Wildman–Crippen MR) is 131 cm³/mol. The fourth-order valence-corrected chi connectivity index (χ4v) is 4.62. The summed E-state index contributed by atoms with van der Waals surface area (Å²) in [5, 5.41) is 9.39. The molecule has 1 atom stereocenters. The first-order valence-electron chi connectivity index (χ1n) is 12.0. The lowest BCUT2D eigenvalue weighted by atomic mass is 9.96. The number of nitrogens with zero attached hydrogens (tertiary/aromatic N) is 2. The summed E-state index contributed by atoms with van der Waals surface area (Å²) in [5.41, 5.74) is 3.30. The maximum Gasteiger partial charge on any atom is 0.339 e. The minimum absolute atomic E-state index is 0.00687. The van der Waals surface area contributed by atoms with Crippen molar-refractivity contribution in [1.29, 1.82) is 0 Å². The van der Waals surface area contributed by atoms with Gasteiger partial charge in [-0.15, -0.1) is 0 Å². The average molecular weight is 453 g/mol. The number of hydrogen-bond acceptors (Lipinski definition) is 4. The molecule has 3 rings (SSSR count). The Morgan fingerprint density at radius 3 is 2.48 bits per heavy atom. The monoisotopic (exact) mass is 452 g/mol. The van der Waals surface area contributed by atoms with Crippen molar-refractivity contribution in [3.63, 3.8) is 0 Å². The van der Waals surface area contributed by atoms with E-state index in [4.69, 9.17) is 4.74 Å². The van der Waals surface area contributed by atoms with Gasteiger partial charge in [0.15, 0.2) is 0 Å². The van der Waals surface area contributed by atoms with Crippen LogP contribution in [-0.4, -0.2) is 48.6 Å². The van der Waals surface area contributed by atoms with Gasteiger partial charge in [0.1, 0.15) is 11.3 Å². The zero-order chi connectivity index (χ0) is 23.8. The normalized spacial score (nSPS) is 14.6. The molecule has 0 saturated carbocycles. The number of hydrogen-bond donors (Lipinski definition) is 1. The molecule has 6 nitrogen and oxygen atoms in total. The van der Waals surface area contributed by atoms with Crippen LogP contribution in [0.25, 0.3) is 0 Å². The van der Waals surface area contributed by atoms with Crippen molar-refractivity contribution < 1.29 is 19.4 Å². The lowest BCUT2D eigenvalue weighted by Crippen LogP contribution is -2.35. The van der Waals surface area contributed by atoms with Gasteiger partial charge in [0.2, 0.25) is 5.91 Å². The van der Waals surface area contributed by atoms with Crippen LogP contribution in [-0.2, 0) is 11.2 Å². The first-order valence-corrected chi connectivity index (χ1v) is 12.0. The molecule has 1 N–H and O–H groups in total. The number of anilines is 1. The smallest absolute Gasteiger partial charge is 0.339 e. The molecule has 0 aromatic heterocycles. The number of ether oxygens (including phenoxy) is 1. The number of carboxylic acid groups (broad SMARTS) is 1. The summed E-state index contributed by atoms with van der Waals surface area (Å²) in [4.78, 5) is 29.1. The third-order valence-corrected chi connectivity index (χ3v) is 6.35. The van der Waals surface area contributed by atoms with Crippen LogP contribution in [0.1, 0.15) is 73.5 Å². The van der Waals surface area contributed by atoms with Crippen LogP contribution in [0.3, 0.4) is 0 Å². The molecule has 0 unspecified atom stereocenters. The van der Waals surface area contributed by atoms with E-state index in [1.807, 2.05) is 18.9 Å². The van der Waals surface area contributed by atoms with Crippen LogP contribution in [0.4, 0.5) is 5.69 Å². The Labute approximate surface area is 197 Å². The molecule has 0 aliphatic carbocycles. The molecule has 178 valence electrons. The number of likely N-dealkylation sites (N-methyl/N-ethyl adjacent to an activating group) is 1. The third kappa shape index (κ3) is 6.06. The molecule has 0 bridgehead atoms. The van der Waals surface area contributed by atoms with Crippen LogP contribution in [0.2, 0.25) is 0 Å². The molecule has 6 heteroatoms. The standard InChI is InChI=1S/C27H36N2O4/c1-4-11-23(21-12-7-8-13-24(21)29-16-9-6-10-17-29)28(3)26(30)19-20-14-15-22(27(31)32)25(18-20)33-5-2/h7-8,12-15,18,23H,4-6,9-11,16-17,19H2,1-3H3,(H,31,32)/t23-/m0/s1. The number of aromatic carboxylic acids is 1. The van der Waals surface area contributed by atoms with Crippen LogP contribution in [0.5, 0.6) is 5.75 Å². The lowest BCUT2D eigenvalue weighted by molar-refractivity contribution is -0.131. The van der Waals surface area contributed by atoms with Gasteiger partial charge in [0.05, 0.1) is 19.1 Å². The number of rotatable bonds is 10. The van der Waals surface area contributed by atoms with Crippen molar-refractivity contribution in [1.82, 2.24) is 4.90 Å². The zero-order valence-corrected chi connectivity index (χ0v) is 20.0. The number of amides is 1. The van der Waals surface area contributed by atoms with Crippen LogP contribution in [0.15, 0.2) is 42.5 Å². The number of carbonyl (C=O) groups is 2. The van der Waals surface area contributed by atoms with E-state index in [2.05, 4.69) is 36.1 Å². The summed E-state index contributed by atoms with van der Waals surface area (Å²) in [6.45, 7) is 6.44. The molecule has 0 radical (unpaired) electrons. The molecular weight excluding hydrogens is 416 g/mol. The molecule has 1 fully saturated rings. The second-order valence-corrected chi connectivity index (χ2v) is 8.66. The fraction of sp³-hybridized carbons (Fsp3) is 0.481. The molecule has 33 heavy (non-hydrogen) atoms. The van der Waals surface area contributed by atoms with E-state index in [0.717, 1.165) is 31.5 Å². The number of carboxylic acids is 1. The predicted octanol–water partition coefficient (Wildman–Crippen LogP) is 5.32. The SMILES string of the molecule is CCC[C@@H](c1ccccc1N1CCCCC1)N(C)C(=O)Cc1ccc(C(=O)O)c(OCC)c1. The summed E-state index contributed by atoms with van der Waals surface area (Å²) in [6, 6.07) is 13.4. The number of benzene rings is 2. The third-order valence-electron chi connectivity index (χ3n) is 6.35. The Balaban J connectivity index is 1.83. The maximum absolute atomic E-state index is 13.3. The van der Waals surface area contributed by atoms with E-state index >= 15 is 0 Å². The Morgan fingerprint density at radius 2 is 1.82 bits per heavy atom. The Bertz CT molecular complexity index is 953. The van der Waals surface area contributed by atoms with E-state index in [-0.39, 0.29) is 23.9 Å². The topological polar surface area (TPSA) is 70.1 Å². The van der Waals surface area contributed by atoms with Gasteiger partial charge in [-0.3, -0.25) is 4.79 Å². The molecule has 1 amide bonds. The van der Waals surface area contributed by atoms with Gasteiger partial charge in [-0.05, 0) is 61.9 Å². The highest BCUT2D eigenvalue weighted by Gasteiger charge is 2.26. The van der Waals surface area contributed by atoms with Crippen LogP contribution < -0.4 is 9.64 Å². The summed E-state index contributed by atoms with van der Waals surface area (Å²) in [7, 11) is 1.88. The summed E-state index contributed by atoms with van der Waals surface area (Å²) >= 11 is 0. The minimum atomic E-state index is -1.04. The van der Waals surface area contributed by atoms with Gasteiger partial charge in [0.25, 0.3) is 0 Å². The average Bonchev–Trinajstić information content (AvgIpc) is 2.83. The first-order chi connectivity index (χ1) is 16.0. The van der Waals surface area contributed by atoms with Crippen LogP contribution in [0, 0.1) is 0 Å². The van der Waals surface area contributed by atoms with Crippen LogP contribution >= 0.6 is 0 Å². The molecule has 1 saturated heterocycles. The van der Waals surface area contributed by atoms with Crippen molar-refractivity contribution in [3.8, 4) is 5.75 Å². The van der Waals surface area contributed by atoms with Crippen molar-refractivity contribution >= 4 is 17.6 Å². The molecular formula is C27H36N2O4. The van der Waals surface area contributed by atoms with Gasteiger partial charge in [-0.1, -0.05) is 37.6 Å². The van der Waals surface area contributed by atoms with Gasteiger partial charge in [-0.2, -0.15) is 0 Å². The van der Waals surface area contributed by atoms with E-state index in [1.54, 1.807) is 12.1 Å². The van der Waals surface area contributed by atoms with Gasteiger partial charge in [-0.25, -0.2) is 4.79 Å². The molecule has 2 aromatic rings. The van der Waals surface area contributed by atoms with E-state index < -0.39 is 5.97 Å². The molecule has 0 spiro atoms. The minimum Gasteiger partial charge on any atom is -0.493 e. The highest BCUT2D eigenvalue weighted by Crippen LogP contribution is 2.34.